The third-order valence-corrected chi connectivity index (χ3v) is 13.0. The highest BCUT2D eigenvalue weighted by Crippen LogP contribution is 2.34. The van der Waals surface area contributed by atoms with Crippen LogP contribution in [-0.4, -0.2) is 42.6 Å². The second-order valence-electron chi connectivity index (χ2n) is 18.3. The normalized spacial score (nSPS) is 19.4. The van der Waals surface area contributed by atoms with E-state index in [0.717, 1.165) is 52.0 Å². The Morgan fingerprint density at radius 3 is 2.16 bits per heavy atom. The van der Waals surface area contributed by atoms with Crippen molar-refractivity contribution < 1.29 is 9.76 Å². The summed E-state index contributed by atoms with van der Waals surface area (Å²) in [6.45, 7) is 18.3. The summed E-state index contributed by atoms with van der Waals surface area (Å²) in [5.41, 5.74) is 9.25. The number of benzene rings is 2. The molecule has 4 atom stereocenters. The predicted octanol–water partition coefficient (Wildman–Crippen LogP) is 13.3. The molecule has 1 N–H and O–H groups in total. The quantitative estimate of drug-likeness (QED) is 0.0877. The first-order chi connectivity index (χ1) is 30.3. The molecule has 4 unspecified atom stereocenters. The number of imidazole rings is 2. The molecule has 0 amide bonds. The van der Waals surface area contributed by atoms with Gasteiger partial charge < -0.3 is 18.6 Å². The van der Waals surface area contributed by atoms with Crippen molar-refractivity contribution in [3.8, 4) is 0 Å². The molecule has 8 rings (SSSR count). The Labute approximate surface area is 374 Å². The van der Waals surface area contributed by atoms with Crippen LogP contribution in [-0.2, 0) is 4.65 Å². The smallest absolute Gasteiger partial charge is 0.330 e. The molecule has 2 aliphatic rings. The molecule has 0 spiro atoms. The monoisotopic (exact) mass is 831 g/mol. The predicted molar refractivity (Wildman–Crippen MR) is 264 cm³/mol. The number of pyridine rings is 2. The Kier molecular flexibility index (Phi) is 12.7. The van der Waals surface area contributed by atoms with Gasteiger partial charge in [0, 0.05) is 47.4 Å². The molecule has 2 aromatic carbocycles. The lowest BCUT2D eigenvalue weighted by Crippen LogP contribution is -2.50. The zero-order chi connectivity index (χ0) is 44.3. The van der Waals surface area contributed by atoms with Crippen LogP contribution in [0.5, 0.6) is 0 Å². The molecule has 0 bridgehead atoms. The molecular weight excluding hydrogens is 771 g/mol. The topological polar surface area (TPSA) is 64.1 Å². The number of hydrogen-bond donors (Lipinski definition) is 1. The number of fused-ring (bicyclic) bond motifs is 6. The summed E-state index contributed by atoms with van der Waals surface area (Å²) in [6.07, 6.45) is 40.3. The van der Waals surface area contributed by atoms with Crippen LogP contribution in [0, 0.1) is 19.8 Å². The van der Waals surface area contributed by atoms with Crippen LogP contribution in [0.1, 0.15) is 94.7 Å². The van der Waals surface area contributed by atoms with Gasteiger partial charge in [0.1, 0.15) is 11.3 Å². The molecule has 0 saturated carbocycles. The van der Waals surface area contributed by atoms with Gasteiger partial charge >= 0.3 is 7.48 Å². The molecule has 63 heavy (non-hydrogen) atoms. The molecule has 6 aromatic rings. The highest BCUT2D eigenvalue weighted by atomic mass is 16.5. The number of aliphatic hydroxyl groups is 1. The lowest BCUT2D eigenvalue weighted by Gasteiger charge is -2.40. The van der Waals surface area contributed by atoms with Crippen molar-refractivity contribution in [3.05, 3.63) is 204 Å². The van der Waals surface area contributed by atoms with E-state index in [9.17, 15) is 5.11 Å². The fourth-order valence-corrected chi connectivity index (χ4v) is 8.90. The van der Waals surface area contributed by atoms with E-state index in [1.165, 1.54) is 38.4 Å². The number of nitrogens with zero attached hydrogens (tertiary/aromatic N) is 4. The van der Waals surface area contributed by atoms with E-state index in [1.807, 2.05) is 48.2 Å². The second kappa shape index (κ2) is 18.4. The lowest BCUT2D eigenvalue weighted by atomic mass is 9.77. The molecular formula is C56H60BN4O2. The summed E-state index contributed by atoms with van der Waals surface area (Å²) < 4.78 is 10.8. The number of aromatic nitrogens is 4. The molecule has 319 valence electrons. The molecule has 0 fully saturated rings. The van der Waals surface area contributed by atoms with Crippen LogP contribution in [0.25, 0.3) is 32.8 Å². The Bertz CT molecular complexity index is 2940. The van der Waals surface area contributed by atoms with Gasteiger partial charge in [0.15, 0.2) is 0 Å². The van der Waals surface area contributed by atoms with E-state index in [0.29, 0.717) is 12.8 Å². The van der Waals surface area contributed by atoms with Crippen molar-refractivity contribution in [1.29, 1.82) is 0 Å². The summed E-state index contributed by atoms with van der Waals surface area (Å²) in [4.78, 5) is 9.57. The maximum absolute atomic E-state index is 11.2. The summed E-state index contributed by atoms with van der Waals surface area (Å²) >= 11 is 0. The molecule has 4 aromatic heterocycles. The third kappa shape index (κ3) is 9.81. The summed E-state index contributed by atoms with van der Waals surface area (Å²) in [7, 11) is 1.85. The Morgan fingerprint density at radius 1 is 0.873 bits per heavy atom. The third-order valence-electron chi connectivity index (χ3n) is 13.0. The average molecular weight is 832 g/mol. The van der Waals surface area contributed by atoms with Gasteiger partial charge in [0.25, 0.3) is 0 Å². The van der Waals surface area contributed by atoms with Gasteiger partial charge in [0.2, 0.25) is 0 Å². The lowest BCUT2D eigenvalue weighted by molar-refractivity contribution is -0.103. The summed E-state index contributed by atoms with van der Waals surface area (Å²) in [5.74, 6) is 0.528. The first-order valence-corrected chi connectivity index (χ1v) is 22.4. The van der Waals surface area contributed by atoms with Crippen LogP contribution in [0.15, 0.2) is 181 Å². The Morgan fingerprint density at radius 2 is 1.51 bits per heavy atom. The van der Waals surface area contributed by atoms with Crippen molar-refractivity contribution in [1.82, 2.24) is 18.8 Å². The highest BCUT2D eigenvalue weighted by Gasteiger charge is 2.39. The van der Waals surface area contributed by atoms with Crippen LogP contribution in [0.4, 0.5) is 0 Å². The molecule has 6 nitrogen and oxygen atoms in total. The maximum Gasteiger partial charge on any atom is 0.330 e. The fourth-order valence-electron chi connectivity index (χ4n) is 8.90. The van der Waals surface area contributed by atoms with Crippen molar-refractivity contribution in [3.63, 3.8) is 0 Å². The number of hydrogen-bond acceptors (Lipinski definition) is 4. The number of aryl methyl sites for hydroxylation is 2. The van der Waals surface area contributed by atoms with Gasteiger partial charge in [-0.2, -0.15) is 0 Å². The van der Waals surface area contributed by atoms with Gasteiger partial charge in [0.05, 0.1) is 22.6 Å². The van der Waals surface area contributed by atoms with E-state index < -0.39 is 11.2 Å². The molecule has 2 aliphatic carbocycles. The standard InChI is InChI=1S/C56H60BN4O2/c1-9-41(30-43-17-14-15-19-45(32-43)47-21-23-52-49(35-47)25-27-61-37-40(5)59-54(52)61)33-50(57-63-56(8,10-2)55(6,7)62)29-38(3)28-42-16-12-11-13-18-44(31-42)46-20-22-51-48(34-46)24-26-60-36-39(4)58-53(51)60/h9,11-17,19-27,29,31-38,44-45,62H,1,10,18,28,30H2,2-8H3/b13-11+,16-12?,41-33+,42-31?,50-29+. The molecule has 7 heteroatoms. The van der Waals surface area contributed by atoms with E-state index >= 15 is 0 Å². The Hall–Kier alpha value is -6.02. The van der Waals surface area contributed by atoms with Crippen LogP contribution >= 0.6 is 0 Å². The van der Waals surface area contributed by atoms with E-state index in [4.69, 9.17) is 14.6 Å². The first kappa shape index (κ1) is 43.6. The van der Waals surface area contributed by atoms with Gasteiger partial charge in [-0.15, -0.1) is 0 Å². The molecule has 4 heterocycles. The second-order valence-corrected chi connectivity index (χ2v) is 18.3. The van der Waals surface area contributed by atoms with E-state index in [2.05, 4.69) is 175 Å². The maximum atomic E-state index is 11.2. The van der Waals surface area contributed by atoms with Gasteiger partial charge in [-0.1, -0.05) is 147 Å². The van der Waals surface area contributed by atoms with Crippen LogP contribution < -0.4 is 0 Å². The summed E-state index contributed by atoms with van der Waals surface area (Å²) in [5, 5.41) is 15.9. The highest BCUT2D eigenvalue weighted by molar-refractivity contribution is 6.39. The zero-order valence-electron chi connectivity index (χ0n) is 37.9. The van der Waals surface area contributed by atoms with Crippen molar-refractivity contribution in [2.75, 3.05) is 0 Å². The summed E-state index contributed by atoms with van der Waals surface area (Å²) in [6, 6.07) is 17.9. The number of rotatable bonds is 14. The minimum Gasteiger partial charge on any atom is -0.426 e. The van der Waals surface area contributed by atoms with E-state index in [-0.39, 0.29) is 17.8 Å². The minimum atomic E-state index is -1.05. The first-order valence-electron chi connectivity index (χ1n) is 22.4. The minimum absolute atomic E-state index is 0.111. The van der Waals surface area contributed by atoms with Gasteiger partial charge in [-0.3, -0.25) is 0 Å². The van der Waals surface area contributed by atoms with Crippen LogP contribution in [0.2, 0.25) is 0 Å². The zero-order valence-corrected chi connectivity index (χ0v) is 37.9. The van der Waals surface area contributed by atoms with Gasteiger partial charge in [-0.05, 0) is 111 Å². The van der Waals surface area contributed by atoms with E-state index in [1.54, 1.807) is 0 Å². The molecule has 0 saturated heterocycles. The largest absolute Gasteiger partial charge is 0.426 e. The van der Waals surface area contributed by atoms with Crippen molar-refractivity contribution >= 4 is 40.3 Å². The van der Waals surface area contributed by atoms with Gasteiger partial charge in [-0.25, -0.2) is 9.97 Å². The van der Waals surface area contributed by atoms with Crippen molar-refractivity contribution in [2.24, 2.45) is 5.92 Å². The number of allylic oxidation sites excluding steroid dienone is 17. The fraction of sp³-hybridized carbons (Fsp3) is 0.286. The SMILES string of the molecule is C=C/C(=C\C([B]OC(C)(CC)C(C)(C)O)=C/C(C)CC1=CC(c2ccc3c(ccn4cc(C)nc34)c2)C/C=C/C=C1)CC1=CC(c2ccc3c(ccn4cc(C)nc34)c2)C=CC=C1. The Balaban J connectivity index is 1.06. The van der Waals surface area contributed by atoms with Crippen LogP contribution in [0.3, 0.4) is 0 Å². The molecule has 1 radical (unpaired) electrons. The molecule has 0 aliphatic heterocycles. The van der Waals surface area contributed by atoms with Crippen molar-refractivity contribution in [2.45, 2.75) is 97.2 Å². The average Bonchev–Trinajstić information content (AvgIpc) is 3.75.